The van der Waals surface area contributed by atoms with Gasteiger partial charge < -0.3 is 5.32 Å². The minimum atomic E-state index is -3.46. The van der Waals surface area contributed by atoms with Gasteiger partial charge in [-0.25, -0.2) is 8.42 Å². The lowest BCUT2D eigenvalue weighted by Gasteiger charge is -2.33. The molecule has 1 heterocycles. The minimum absolute atomic E-state index is 0.0336. The maximum atomic E-state index is 12.8. The summed E-state index contributed by atoms with van der Waals surface area (Å²) in [5, 5.41) is 2.92. The number of nitrogens with zero attached hydrogens (tertiary/aromatic N) is 1. The van der Waals surface area contributed by atoms with Crippen LogP contribution in [-0.2, 0) is 22.9 Å². The van der Waals surface area contributed by atoms with Crippen molar-refractivity contribution in [2.75, 3.05) is 12.3 Å². The molecule has 3 rings (SSSR count). The molecule has 2 aromatic carbocycles. The van der Waals surface area contributed by atoms with Gasteiger partial charge in [-0.1, -0.05) is 49.7 Å². The molecule has 156 valence electrons. The van der Waals surface area contributed by atoms with Crippen molar-refractivity contribution in [3.8, 4) is 0 Å². The van der Waals surface area contributed by atoms with Crippen molar-refractivity contribution in [3.63, 3.8) is 0 Å². The highest BCUT2D eigenvalue weighted by molar-refractivity contribution is 7.91. The van der Waals surface area contributed by atoms with Crippen LogP contribution in [0.15, 0.2) is 53.4 Å². The van der Waals surface area contributed by atoms with Crippen LogP contribution in [-0.4, -0.2) is 37.6 Å². The van der Waals surface area contributed by atoms with Crippen LogP contribution in [0.5, 0.6) is 0 Å². The van der Waals surface area contributed by atoms with Gasteiger partial charge in [0.05, 0.1) is 16.2 Å². The maximum Gasteiger partial charge on any atom is 0.252 e. The lowest BCUT2D eigenvalue weighted by Crippen LogP contribution is -2.37. The number of likely N-dealkylation sites (tertiary alicyclic amines) is 1. The van der Waals surface area contributed by atoms with E-state index in [0.29, 0.717) is 12.6 Å². The highest BCUT2D eigenvalue weighted by atomic mass is 32.2. The molecule has 0 radical (unpaired) electrons. The second kappa shape index (κ2) is 9.55. The fraction of sp³-hybridized carbons (Fsp3) is 0.435. The number of piperidine rings is 1. The number of carbonyl (C=O) groups excluding carboxylic acids is 1. The topological polar surface area (TPSA) is 66.5 Å². The number of hydrogen-bond acceptors (Lipinski definition) is 4. The third-order valence-corrected chi connectivity index (χ3v) is 7.50. The Hall–Kier alpha value is -2.18. The van der Waals surface area contributed by atoms with Crippen molar-refractivity contribution in [2.45, 2.75) is 57.1 Å². The van der Waals surface area contributed by atoms with E-state index in [9.17, 15) is 13.2 Å². The number of amides is 1. The lowest BCUT2D eigenvalue weighted by molar-refractivity contribution is 0.0947. The quantitative estimate of drug-likeness (QED) is 0.749. The van der Waals surface area contributed by atoms with E-state index >= 15 is 0 Å². The average molecular weight is 415 g/mol. The molecule has 0 aromatic heterocycles. The second-order valence-corrected chi connectivity index (χ2v) is 9.91. The summed E-state index contributed by atoms with van der Waals surface area (Å²) in [5.41, 5.74) is 2.47. The van der Waals surface area contributed by atoms with Crippen molar-refractivity contribution in [1.29, 1.82) is 0 Å². The molecule has 1 saturated heterocycles. The molecule has 1 aliphatic heterocycles. The minimum Gasteiger partial charge on any atom is -0.348 e. The molecule has 2 aromatic rings. The van der Waals surface area contributed by atoms with Crippen molar-refractivity contribution in [3.05, 3.63) is 65.2 Å². The zero-order valence-electron chi connectivity index (χ0n) is 17.2. The molecule has 1 fully saturated rings. The summed E-state index contributed by atoms with van der Waals surface area (Å²) in [6, 6.07) is 15.1. The summed E-state index contributed by atoms with van der Waals surface area (Å²) in [5.74, 6) is -0.396. The average Bonchev–Trinajstić information content (AvgIpc) is 2.74. The predicted octanol–water partition coefficient (Wildman–Crippen LogP) is 3.78. The Kier molecular flexibility index (Phi) is 7.09. The molecule has 0 unspecified atom stereocenters. The molecule has 6 heteroatoms. The first kappa shape index (κ1) is 21.5. The Labute approximate surface area is 174 Å². The van der Waals surface area contributed by atoms with Crippen LogP contribution in [0.4, 0.5) is 0 Å². The van der Waals surface area contributed by atoms with Crippen molar-refractivity contribution >= 4 is 15.7 Å². The SMILES string of the molecule is CCS(=O)(=O)c1ccccc1C(=O)NCc1ccccc1CN1CCCC[C@@H]1C. The Balaban J connectivity index is 1.74. The van der Waals surface area contributed by atoms with E-state index in [4.69, 9.17) is 0 Å². The zero-order valence-corrected chi connectivity index (χ0v) is 18.0. The van der Waals surface area contributed by atoms with Crippen LogP contribution < -0.4 is 5.32 Å². The van der Waals surface area contributed by atoms with E-state index in [1.54, 1.807) is 25.1 Å². The predicted molar refractivity (Wildman–Crippen MR) is 116 cm³/mol. The number of carbonyl (C=O) groups is 1. The Morgan fingerprint density at radius 1 is 1.07 bits per heavy atom. The van der Waals surface area contributed by atoms with E-state index < -0.39 is 9.84 Å². The van der Waals surface area contributed by atoms with E-state index in [1.165, 1.54) is 30.9 Å². The van der Waals surface area contributed by atoms with Gasteiger partial charge in [-0.2, -0.15) is 0 Å². The van der Waals surface area contributed by atoms with Crippen LogP contribution >= 0.6 is 0 Å². The van der Waals surface area contributed by atoms with E-state index in [1.807, 2.05) is 18.2 Å². The highest BCUT2D eigenvalue weighted by Gasteiger charge is 2.21. The van der Waals surface area contributed by atoms with Crippen LogP contribution in [0.2, 0.25) is 0 Å². The van der Waals surface area contributed by atoms with Gasteiger partial charge in [-0.3, -0.25) is 9.69 Å². The molecule has 29 heavy (non-hydrogen) atoms. The van der Waals surface area contributed by atoms with E-state index in [0.717, 1.165) is 18.7 Å². The normalized spacial score (nSPS) is 17.8. The third kappa shape index (κ3) is 5.25. The first-order valence-electron chi connectivity index (χ1n) is 10.3. The fourth-order valence-corrected chi connectivity index (χ4v) is 4.94. The smallest absolute Gasteiger partial charge is 0.252 e. The summed E-state index contributed by atoms with van der Waals surface area (Å²) in [6.07, 6.45) is 3.74. The summed E-state index contributed by atoms with van der Waals surface area (Å²) in [4.78, 5) is 15.4. The number of hydrogen-bond donors (Lipinski definition) is 1. The Bertz CT molecular complexity index is 956. The van der Waals surface area contributed by atoms with Gasteiger partial charge >= 0.3 is 0 Å². The molecular weight excluding hydrogens is 384 g/mol. The van der Waals surface area contributed by atoms with Gasteiger partial charge in [0, 0.05) is 19.1 Å². The summed E-state index contributed by atoms with van der Waals surface area (Å²) in [6.45, 7) is 6.20. The Morgan fingerprint density at radius 3 is 2.48 bits per heavy atom. The number of sulfone groups is 1. The monoisotopic (exact) mass is 414 g/mol. The molecular formula is C23H30N2O3S. The van der Waals surface area contributed by atoms with E-state index in [2.05, 4.69) is 23.2 Å². The van der Waals surface area contributed by atoms with Gasteiger partial charge in [0.2, 0.25) is 0 Å². The first-order valence-corrected chi connectivity index (χ1v) is 12.0. The van der Waals surface area contributed by atoms with Gasteiger partial charge in [0.25, 0.3) is 5.91 Å². The summed E-state index contributed by atoms with van der Waals surface area (Å²) < 4.78 is 24.6. The van der Waals surface area contributed by atoms with Gasteiger partial charge in [-0.15, -0.1) is 0 Å². The third-order valence-electron chi connectivity index (χ3n) is 5.72. The lowest BCUT2D eigenvalue weighted by atomic mass is 10.0. The zero-order chi connectivity index (χ0) is 20.9. The molecule has 1 N–H and O–H groups in total. The highest BCUT2D eigenvalue weighted by Crippen LogP contribution is 2.21. The molecule has 1 amide bonds. The van der Waals surface area contributed by atoms with Gasteiger partial charge in [-0.05, 0) is 49.6 Å². The molecule has 0 saturated carbocycles. The van der Waals surface area contributed by atoms with Gasteiger partial charge in [0.1, 0.15) is 0 Å². The summed E-state index contributed by atoms with van der Waals surface area (Å²) in [7, 11) is -3.46. The van der Waals surface area contributed by atoms with Crippen LogP contribution in [0.3, 0.4) is 0 Å². The maximum absolute atomic E-state index is 12.8. The van der Waals surface area contributed by atoms with Crippen molar-refractivity contribution in [2.24, 2.45) is 0 Å². The molecule has 0 bridgehead atoms. The second-order valence-electron chi connectivity index (χ2n) is 7.67. The number of benzene rings is 2. The van der Waals surface area contributed by atoms with Crippen LogP contribution in [0.1, 0.15) is 54.6 Å². The van der Waals surface area contributed by atoms with Crippen LogP contribution in [0, 0.1) is 0 Å². The molecule has 5 nitrogen and oxygen atoms in total. The largest absolute Gasteiger partial charge is 0.348 e. The number of nitrogens with one attached hydrogen (secondary N) is 1. The Morgan fingerprint density at radius 2 is 1.76 bits per heavy atom. The van der Waals surface area contributed by atoms with E-state index in [-0.39, 0.29) is 22.1 Å². The summed E-state index contributed by atoms with van der Waals surface area (Å²) >= 11 is 0. The van der Waals surface area contributed by atoms with Crippen molar-refractivity contribution in [1.82, 2.24) is 10.2 Å². The van der Waals surface area contributed by atoms with Crippen molar-refractivity contribution < 1.29 is 13.2 Å². The van der Waals surface area contributed by atoms with Gasteiger partial charge in [0.15, 0.2) is 9.84 Å². The molecule has 0 aliphatic carbocycles. The molecule has 1 aliphatic rings. The first-order chi connectivity index (χ1) is 13.9. The fourth-order valence-electron chi connectivity index (χ4n) is 3.85. The molecule has 0 spiro atoms. The standard InChI is InChI=1S/C23H30N2O3S/c1-3-29(27,28)22-14-7-6-13-21(22)23(26)24-16-19-11-4-5-12-20(19)17-25-15-9-8-10-18(25)2/h4-7,11-14,18H,3,8-10,15-17H2,1-2H3,(H,24,26)/t18-/m0/s1. The molecule has 1 atom stereocenters. The number of rotatable bonds is 7. The van der Waals surface area contributed by atoms with Crippen LogP contribution in [0.25, 0.3) is 0 Å².